The summed E-state index contributed by atoms with van der Waals surface area (Å²) in [4.78, 5) is 25.9. The predicted octanol–water partition coefficient (Wildman–Crippen LogP) is -1.69. The fourth-order valence-corrected chi connectivity index (χ4v) is 2.89. The lowest BCUT2D eigenvalue weighted by atomic mass is 10.4. The van der Waals surface area contributed by atoms with Crippen LogP contribution in [0.25, 0.3) is 0 Å². The number of aromatic nitrogens is 1. The SMILES string of the molecule is Nc1cc(S(=O)(=O)N2CC(=O)NC(=O)C2)ccn1. The van der Waals surface area contributed by atoms with Gasteiger partial charge in [-0.15, -0.1) is 0 Å². The normalized spacial score (nSPS) is 17.6. The largest absolute Gasteiger partial charge is 0.384 e. The van der Waals surface area contributed by atoms with Crippen LogP contribution in [0.5, 0.6) is 0 Å². The van der Waals surface area contributed by atoms with Gasteiger partial charge < -0.3 is 5.73 Å². The number of hydrogen-bond donors (Lipinski definition) is 2. The summed E-state index contributed by atoms with van der Waals surface area (Å²) in [6.07, 6.45) is 1.24. The molecular weight excluding hydrogens is 260 g/mol. The highest BCUT2D eigenvalue weighted by molar-refractivity contribution is 7.89. The zero-order chi connectivity index (χ0) is 13.3. The maximum absolute atomic E-state index is 12.1. The first-order chi connectivity index (χ1) is 8.39. The van der Waals surface area contributed by atoms with Crippen molar-refractivity contribution in [1.82, 2.24) is 14.6 Å². The van der Waals surface area contributed by atoms with E-state index < -0.39 is 34.9 Å². The van der Waals surface area contributed by atoms with Gasteiger partial charge in [-0.25, -0.2) is 13.4 Å². The molecule has 0 radical (unpaired) electrons. The van der Waals surface area contributed by atoms with Crippen LogP contribution in [0.15, 0.2) is 23.2 Å². The van der Waals surface area contributed by atoms with Gasteiger partial charge in [0.2, 0.25) is 21.8 Å². The van der Waals surface area contributed by atoms with E-state index in [2.05, 4.69) is 4.98 Å². The van der Waals surface area contributed by atoms with Crippen molar-refractivity contribution in [3.63, 3.8) is 0 Å². The molecule has 3 N–H and O–H groups in total. The molecule has 0 aliphatic carbocycles. The van der Waals surface area contributed by atoms with E-state index in [-0.39, 0.29) is 10.7 Å². The average Bonchev–Trinajstić information content (AvgIpc) is 2.27. The molecule has 0 bridgehead atoms. The zero-order valence-corrected chi connectivity index (χ0v) is 9.98. The highest BCUT2D eigenvalue weighted by atomic mass is 32.2. The Morgan fingerprint density at radius 2 is 1.89 bits per heavy atom. The summed E-state index contributed by atoms with van der Waals surface area (Å²) >= 11 is 0. The first-order valence-electron chi connectivity index (χ1n) is 4.94. The van der Waals surface area contributed by atoms with E-state index in [1.165, 1.54) is 18.3 Å². The summed E-state index contributed by atoms with van der Waals surface area (Å²) in [5.41, 5.74) is 5.40. The summed E-state index contributed by atoms with van der Waals surface area (Å²) in [7, 11) is -3.92. The van der Waals surface area contributed by atoms with Gasteiger partial charge in [0.25, 0.3) is 0 Å². The van der Waals surface area contributed by atoms with Gasteiger partial charge in [-0.2, -0.15) is 4.31 Å². The molecule has 8 nitrogen and oxygen atoms in total. The number of nitrogen functional groups attached to an aromatic ring is 1. The molecule has 2 amide bonds. The number of nitrogens with zero attached hydrogens (tertiary/aromatic N) is 2. The van der Waals surface area contributed by atoms with E-state index in [1.807, 2.05) is 5.32 Å². The fourth-order valence-electron chi connectivity index (χ4n) is 1.52. The second-order valence-electron chi connectivity index (χ2n) is 3.66. The van der Waals surface area contributed by atoms with Crippen LogP contribution in [0.3, 0.4) is 0 Å². The van der Waals surface area contributed by atoms with Crippen LogP contribution in [0.1, 0.15) is 0 Å². The second-order valence-corrected chi connectivity index (χ2v) is 5.60. The lowest BCUT2D eigenvalue weighted by Crippen LogP contribution is -2.53. The minimum absolute atomic E-state index is 0.0452. The van der Waals surface area contributed by atoms with Gasteiger partial charge in [0.1, 0.15) is 5.82 Å². The minimum atomic E-state index is -3.92. The smallest absolute Gasteiger partial charge is 0.244 e. The van der Waals surface area contributed by atoms with E-state index in [0.717, 1.165) is 4.31 Å². The van der Waals surface area contributed by atoms with Crippen LogP contribution >= 0.6 is 0 Å². The van der Waals surface area contributed by atoms with E-state index in [9.17, 15) is 18.0 Å². The summed E-state index contributed by atoms with van der Waals surface area (Å²) < 4.78 is 25.1. The number of hydrogen-bond acceptors (Lipinski definition) is 6. The third-order valence-corrected chi connectivity index (χ3v) is 4.10. The first-order valence-corrected chi connectivity index (χ1v) is 6.38. The molecule has 2 rings (SSSR count). The molecule has 0 atom stereocenters. The Kier molecular flexibility index (Phi) is 3.01. The third kappa shape index (κ3) is 2.31. The lowest BCUT2D eigenvalue weighted by molar-refractivity contribution is -0.134. The number of anilines is 1. The molecule has 1 fully saturated rings. The number of imide groups is 1. The topological polar surface area (TPSA) is 122 Å². The molecule has 18 heavy (non-hydrogen) atoms. The molecule has 0 unspecified atom stereocenters. The van der Waals surface area contributed by atoms with Gasteiger partial charge in [0, 0.05) is 12.3 Å². The number of pyridine rings is 1. The van der Waals surface area contributed by atoms with Crippen LogP contribution in [-0.4, -0.2) is 42.6 Å². The van der Waals surface area contributed by atoms with Crippen molar-refractivity contribution in [2.75, 3.05) is 18.8 Å². The molecule has 1 aromatic rings. The Morgan fingerprint density at radius 3 is 2.44 bits per heavy atom. The maximum Gasteiger partial charge on any atom is 0.244 e. The Labute approximate surface area is 103 Å². The van der Waals surface area contributed by atoms with Gasteiger partial charge >= 0.3 is 0 Å². The summed E-state index contributed by atoms with van der Waals surface area (Å²) in [6, 6.07) is 2.43. The van der Waals surface area contributed by atoms with Crippen LogP contribution < -0.4 is 11.1 Å². The average molecular weight is 270 g/mol. The van der Waals surface area contributed by atoms with Crippen molar-refractivity contribution < 1.29 is 18.0 Å². The third-order valence-electron chi connectivity index (χ3n) is 2.31. The molecule has 0 saturated carbocycles. The Balaban J connectivity index is 2.37. The first kappa shape index (κ1) is 12.5. The predicted molar refractivity (Wildman–Crippen MR) is 60.6 cm³/mol. The Bertz CT molecular complexity index is 597. The zero-order valence-electron chi connectivity index (χ0n) is 9.16. The van der Waals surface area contributed by atoms with Crippen molar-refractivity contribution in [2.24, 2.45) is 0 Å². The summed E-state index contributed by atoms with van der Waals surface area (Å²) in [6.45, 7) is -0.785. The van der Waals surface area contributed by atoms with Crippen molar-refractivity contribution in [3.05, 3.63) is 18.3 Å². The van der Waals surface area contributed by atoms with Gasteiger partial charge in [0.05, 0.1) is 18.0 Å². The highest BCUT2D eigenvalue weighted by Gasteiger charge is 2.32. The number of rotatable bonds is 2. The Morgan fingerprint density at radius 1 is 1.28 bits per heavy atom. The Hall–Kier alpha value is -2.00. The molecule has 0 aromatic carbocycles. The standard InChI is InChI=1S/C9H10N4O4S/c10-7-3-6(1-2-11-7)18(16,17)13-4-8(14)12-9(15)5-13/h1-3H,4-5H2,(H2,10,11)(H,12,14,15). The van der Waals surface area contributed by atoms with Gasteiger partial charge in [-0.1, -0.05) is 0 Å². The minimum Gasteiger partial charge on any atom is -0.384 e. The van der Waals surface area contributed by atoms with Gasteiger partial charge in [-0.3, -0.25) is 14.9 Å². The monoisotopic (exact) mass is 270 g/mol. The number of carbonyl (C=O) groups excluding carboxylic acids is 2. The molecule has 1 aliphatic heterocycles. The van der Waals surface area contributed by atoms with Crippen molar-refractivity contribution >= 4 is 27.7 Å². The molecule has 2 heterocycles. The molecule has 1 saturated heterocycles. The van der Waals surface area contributed by atoms with Gasteiger partial charge in [-0.05, 0) is 6.07 Å². The number of nitrogens with two attached hydrogens (primary N) is 1. The van der Waals surface area contributed by atoms with Gasteiger partial charge in [0.15, 0.2) is 0 Å². The van der Waals surface area contributed by atoms with Crippen molar-refractivity contribution in [1.29, 1.82) is 0 Å². The van der Waals surface area contributed by atoms with Crippen LogP contribution in [0.4, 0.5) is 5.82 Å². The number of piperazine rings is 1. The van der Waals surface area contributed by atoms with E-state index in [0.29, 0.717) is 0 Å². The van der Waals surface area contributed by atoms with E-state index >= 15 is 0 Å². The quantitative estimate of drug-likeness (QED) is 0.618. The van der Waals surface area contributed by atoms with E-state index in [1.54, 1.807) is 0 Å². The van der Waals surface area contributed by atoms with Crippen molar-refractivity contribution in [2.45, 2.75) is 4.90 Å². The maximum atomic E-state index is 12.1. The second kappa shape index (κ2) is 4.35. The summed E-state index contributed by atoms with van der Waals surface area (Å²) in [5.74, 6) is -1.27. The summed E-state index contributed by atoms with van der Waals surface area (Å²) in [5, 5.41) is 2.02. The molecule has 9 heteroatoms. The molecular formula is C9H10N4O4S. The lowest BCUT2D eigenvalue weighted by Gasteiger charge is -2.24. The van der Waals surface area contributed by atoms with Crippen LogP contribution in [0.2, 0.25) is 0 Å². The van der Waals surface area contributed by atoms with Crippen LogP contribution in [-0.2, 0) is 19.6 Å². The number of amides is 2. The fraction of sp³-hybridized carbons (Fsp3) is 0.222. The van der Waals surface area contributed by atoms with E-state index in [4.69, 9.17) is 5.73 Å². The van der Waals surface area contributed by atoms with Crippen molar-refractivity contribution in [3.8, 4) is 0 Å². The highest BCUT2D eigenvalue weighted by Crippen LogP contribution is 2.17. The molecule has 96 valence electrons. The number of nitrogens with one attached hydrogen (secondary N) is 1. The number of carbonyl (C=O) groups is 2. The molecule has 1 aliphatic rings. The number of sulfonamides is 1. The van der Waals surface area contributed by atoms with Crippen LogP contribution in [0, 0.1) is 0 Å². The molecule has 1 aromatic heterocycles. The molecule has 0 spiro atoms.